The molecule has 0 saturated carbocycles. The number of hydrogen-bond donors (Lipinski definition) is 4. The molecular formula is C17H18ClN5O5. The molecule has 4 rings (SSSR count). The van der Waals surface area contributed by atoms with Crippen molar-refractivity contribution >= 4 is 28.7 Å². The van der Waals surface area contributed by atoms with Gasteiger partial charge in [-0.05, 0) is 17.7 Å². The zero-order chi connectivity index (χ0) is 19.8. The highest BCUT2D eigenvalue weighted by Gasteiger charge is 2.44. The van der Waals surface area contributed by atoms with Crippen molar-refractivity contribution in [3.05, 3.63) is 41.2 Å². The summed E-state index contributed by atoms with van der Waals surface area (Å²) in [5.74, 6) is 0.120. The number of nitrogen functional groups attached to an aromatic ring is 1. The molecule has 1 aliphatic rings. The lowest BCUT2D eigenvalue weighted by molar-refractivity contribution is -0.0511. The number of rotatable bonds is 5. The number of aliphatic hydroxyl groups excluding tert-OH is 3. The molecule has 3 heterocycles. The third-order valence-electron chi connectivity index (χ3n) is 4.49. The first-order valence-corrected chi connectivity index (χ1v) is 8.85. The van der Waals surface area contributed by atoms with E-state index in [2.05, 4.69) is 15.0 Å². The van der Waals surface area contributed by atoms with Crippen LogP contribution in [0.5, 0.6) is 5.88 Å². The second-order valence-electron chi connectivity index (χ2n) is 6.36. The van der Waals surface area contributed by atoms with E-state index in [4.69, 9.17) is 26.8 Å². The summed E-state index contributed by atoms with van der Waals surface area (Å²) in [7, 11) is 0. The summed E-state index contributed by atoms with van der Waals surface area (Å²) in [6.07, 6.45) is -3.04. The fourth-order valence-electron chi connectivity index (χ4n) is 3.04. The average molecular weight is 408 g/mol. The summed E-state index contributed by atoms with van der Waals surface area (Å²) in [6, 6.07) is 7.14. The lowest BCUT2D eigenvalue weighted by Crippen LogP contribution is -2.33. The largest absolute Gasteiger partial charge is 0.471 e. The molecule has 0 spiro atoms. The first kappa shape index (κ1) is 18.8. The molecule has 10 nitrogen and oxygen atoms in total. The molecule has 1 aromatic carbocycles. The predicted molar refractivity (Wildman–Crippen MR) is 98.5 cm³/mol. The van der Waals surface area contributed by atoms with Gasteiger partial charge < -0.3 is 30.5 Å². The van der Waals surface area contributed by atoms with E-state index in [1.165, 1.54) is 10.9 Å². The van der Waals surface area contributed by atoms with Gasteiger partial charge in [0, 0.05) is 5.02 Å². The first-order valence-electron chi connectivity index (χ1n) is 8.47. The van der Waals surface area contributed by atoms with Gasteiger partial charge in [0.1, 0.15) is 24.9 Å². The Hall–Kier alpha value is -2.50. The van der Waals surface area contributed by atoms with Gasteiger partial charge in [-0.25, -0.2) is 4.98 Å². The Morgan fingerprint density at radius 1 is 1.18 bits per heavy atom. The maximum atomic E-state index is 10.3. The van der Waals surface area contributed by atoms with Crippen LogP contribution in [0.4, 0.5) is 5.95 Å². The normalized spacial score (nSPS) is 24.7. The van der Waals surface area contributed by atoms with Crippen molar-refractivity contribution in [1.82, 2.24) is 19.5 Å². The predicted octanol–water partition coefficient (Wildman–Crippen LogP) is 0.252. The molecule has 4 atom stereocenters. The Kier molecular flexibility index (Phi) is 5.04. The van der Waals surface area contributed by atoms with Gasteiger partial charge in [0.15, 0.2) is 17.4 Å². The fourth-order valence-corrected chi connectivity index (χ4v) is 3.16. The van der Waals surface area contributed by atoms with Crippen LogP contribution < -0.4 is 10.5 Å². The summed E-state index contributed by atoms with van der Waals surface area (Å²) in [5.41, 5.74) is 7.27. The van der Waals surface area contributed by atoms with Crippen LogP contribution in [0, 0.1) is 0 Å². The highest BCUT2D eigenvalue weighted by Crippen LogP contribution is 2.33. The molecule has 11 heteroatoms. The summed E-state index contributed by atoms with van der Waals surface area (Å²) in [6.45, 7) is -0.225. The number of imidazole rings is 1. The van der Waals surface area contributed by atoms with Crippen molar-refractivity contribution in [3.63, 3.8) is 0 Å². The standard InChI is InChI=1S/C17H18ClN5O5/c18-9-3-1-8(2-4-9)6-27-15-11-14(21-17(19)22-15)23(7-20-11)16-13(26)12(25)10(5-24)28-16/h1-4,7,10,12-13,16,24-26H,5-6H2,(H2,19,21,22)/t10-,12-,13-,16-/m1/s1. The molecule has 1 fully saturated rings. The highest BCUT2D eigenvalue weighted by molar-refractivity contribution is 6.30. The third-order valence-corrected chi connectivity index (χ3v) is 4.74. The van der Waals surface area contributed by atoms with Gasteiger partial charge in [-0.1, -0.05) is 23.7 Å². The molecule has 28 heavy (non-hydrogen) atoms. The number of nitrogens with two attached hydrogens (primary N) is 1. The van der Waals surface area contributed by atoms with E-state index in [1.807, 2.05) is 12.1 Å². The summed E-state index contributed by atoms with van der Waals surface area (Å²) >= 11 is 5.88. The molecule has 5 N–H and O–H groups in total. The number of hydrogen-bond acceptors (Lipinski definition) is 9. The fraction of sp³-hybridized carbons (Fsp3) is 0.353. The van der Waals surface area contributed by atoms with Crippen molar-refractivity contribution in [3.8, 4) is 5.88 Å². The van der Waals surface area contributed by atoms with E-state index in [-0.39, 0.29) is 24.1 Å². The number of halogens is 1. The molecule has 148 valence electrons. The van der Waals surface area contributed by atoms with E-state index in [0.29, 0.717) is 10.5 Å². The quantitative estimate of drug-likeness (QED) is 0.466. The van der Waals surface area contributed by atoms with Crippen molar-refractivity contribution in [2.24, 2.45) is 0 Å². The molecule has 3 aromatic rings. The Balaban J connectivity index is 1.64. The van der Waals surface area contributed by atoms with E-state index >= 15 is 0 Å². The van der Waals surface area contributed by atoms with Crippen LogP contribution in [0.3, 0.4) is 0 Å². The van der Waals surface area contributed by atoms with E-state index in [9.17, 15) is 15.3 Å². The van der Waals surface area contributed by atoms with Crippen molar-refractivity contribution in [2.45, 2.75) is 31.1 Å². The number of ether oxygens (including phenoxy) is 2. The summed E-state index contributed by atoms with van der Waals surface area (Å²) in [5, 5.41) is 30.1. The monoisotopic (exact) mass is 407 g/mol. The van der Waals surface area contributed by atoms with Gasteiger partial charge in [-0.2, -0.15) is 9.97 Å². The smallest absolute Gasteiger partial charge is 0.247 e. The van der Waals surface area contributed by atoms with Gasteiger partial charge in [0.2, 0.25) is 11.8 Å². The molecule has 1 saturated heterocycles. The minimum absolute atomic E-state index is 0.0490. The maximum absolute atomic E-state index is 10.3. The Morgan fingerprint density at radius 3 is 2.61 bits per heavy atom. The van der Waals surface area contributed by atoms with Gasteiger partial charge in [-0.3, -0.25) is 4.57 Å². The number of aromatic nitrogens is 4. The lowest BCUT2D eigenvalue weighted by atomic mass is 10.1. The molecule has 0 aliphatic carbocycles. The highest BCUT2D eigenvalue weighted by atomic mass is 35.5. The zero-order valence-electron chi connectivity index (χ0n) is 14.5. The lowest BCUT2D eigenvalue weighted by Gasteiger charge is -2.16. The van der Waals surface area contributed by atoms with Gasteiger partial charge in [-0.15, -0.1) is 0 Å². The van der Waals surface area contributed by atoms with Crippen LogP contribution in [0.2, 0.25) is 5.02 Å². The average Bonchev–Trinajstić information content (AvgIpc) is 3.22. The second-order valence-corrected chi connectivity index (χ2v) is 6.79. The van der Waals surface area contributed by atoms with Crippen molar-refractivity contribution in [2.75, 3.05) is 12.3 Å². The van der Waals surface area contributed by atoms with Crippen LogP contribution in [0.1, 0.15) is 11.8 Å². The van der Waals surface area contributed by atoms with Crippen molar-refractivity contribution in [1.29, 1.82) is 0 Å². The van der Waals surface area contributed by atoms with E-state index in [0.717, 1.165) is 5.56 Å². The molecule has 0 unspecified atom stereocenters. The third kappa shape index (κ3) is 3.36. The Morgan fingerprint density at radius 2 is 1.93 bits per heavy atom. The number of anilines is 1. The van der Waals surface area contributed by atoms with Crippen LogP contribution >= 0.6 is 11.6 Å². The molecule has 1 aliphatic heterocycles. The number of fused-ring (bicyclic) bond motifs is 1. The van der Waals surface area contributed by atoms with Crippen LogP contribution in [0.15, 0.2) is 30.6 Å². The maximum Gasteiger partial charge on any atom is 0.247 e. The zero-order valence-corrected chi connectivity index (χ0v) is 15.3. The summed E-state index contributed by atoms with van der Waals surface area (Å²) in [4.78, 5) is 12.5. The van der Waals surface area contributed by atoms with Gasteiger partial charge in [0.05, 0.1) is 12.9 Å². The minimum atomic E-state index is -1.27. The molecule has 0 amide bonds. The van der Waals surface area contributed by atoms with Crippen molar-refractivity contribution < 1.29 is 24.8 Å². The molecule has 0 radical (unpaired) electrons. The second kappa shape index (κ2) is 7.49. The van der Waals surface area contributed by atoms with Crippen LogP contribution in [-0.4, -0.2) is 59.8 Å². The van der Waals surface area contributed by atoms with Crippen LogP contribution in [-0.2, 0) is 11.3 Å². The minimum Gasteiger partial charge on any atom is -0.471 e. The molecular weight excluding hydrogens is 390 g/mol. The summed E-state index contributed by atoms with van der Waals surface area (Å²) < 4.78 is 12.7. The van der Waals surface area contributed by atoms with E-state index in [1.54, 1.807) is 12.1 Å². The number of aliphatic hydroxyl groups is 3. The Bertz CT molecular complexity index is 982. The number of nitrogens with zero attached hydrogens (tertiary/aromatic N) is 4. The van der Waals surface area contributed by atoms with Gasteiger partial charge in [0.25, 0.3) is 0 Å². The molecule has 2 aromatic heterocycles. The number of benzene rings is 1. The Labute approximate surface area is 164 Å². The van der Waals surface area contributed by atoms with Crippen LogP contribution in [0.25, 0.3) is 11.2 Å². The van der Waals surface area contributed by atoms with E-state index < -0.39 is 31.1 Å². The SMILES string of the molecule is Nc1nc(OCc2ccc(Cl)cc2)c2ncn([C@@H]3O[C@H](CO)[C@@H](O)[C@H]3O)c2n1. The first-order chi connectivity index (χ1) is 13.5. The topological polar surface area (TPSA) is 149 Å². The molecule has 0 bridgehead atoms. The van der Waals surface area contributed by atoms with Gasteiger partial charge >= 0.3 is 0 Å².